The average molecular weight is 339 g/mol. The highest BCUT2D eigenvalue weighted by molar-refractivity contribution is 9.10. The third-order valence-electron chi connectivity index (χ3n) is 3.90. The zero-order chi connectivity index (χ0) is 14.5. The van der Waals surface area contributed by atoms with Crippen molar-refractivity contribution in [2.75, 3.05) is 0 Å². The minimum atomic E-state index is -1.11. The molecule has 0 spiro atoms. The van der Waals surface area contributed by atoms with Gasteiger partial charge in [0.05, 0.1) is 16.4 Å². The van der Waals surface area contributed by atoms with Gasteiger partial charge in [-0.2, -0.15) is 5.10 Å². The van der Waals surface area contributed by atoms with Crippen molar-refractivity contribution in [3.63, 3.8) is 0 Å². The lowest BCUT2D eigenvalue weighted by Gasteiger charge is -2.27. The van der Waals surface area contributed by atoms with Gasteiger partial charge >= 0.3 is 0 Å². The second-order valence-corrected chi connectivity index (χ2v) is 6.40. The van der Waals surface area contributed by atoms with Gasteiger partial charge in [0, 0.05) is 6.04 Å². The van der Waals surface area contributed by atoms with Crippen LogP contribution >= 0.6 is 15.9 Å². The van der Waals surface area contributed by atoms with Crippen molar-refractivity contribution in [3.8, 4) is 0 Å². The van der Waals surface area contributed by atoms with E-state index in [1.54, 1.807) is 12.3 Å². The normalized spacial score (nSPS) is 21.5. The molecule has 1 aliphatic rings. The summed E-state index contributed by atoms with van der Waals surface area (Å²) in [6.45, 7) is 4.04. The van der Waals surface area contributed by atoms with Crippen LogP contribution in [-0.2, 0) is 12.0 Å². The van der Waals surface area contributed by atoms with E-state index in [2.05, 4.69) is 21.0 Å². The maximum atomic E-state index is 13.3. The summed E-state index contributed by atoms with van der Waals surface area (Å²) in [5.41, 5.74) is 1.29. The van der Waals surface area contributed by atoms with E-state index in [4.69, 9.17) is 0 Å². The number of benzene rings is 1. The number of hydrogen-bond donors (Lipinski definition) is 1. The highest BCUT2D eigenvalue weighted by Gasteiger charge is 2.42. The highest BCUT2D eigenvalue weighted by atomic mass is 79.9. The Hall–Kier alpha value is -1.20. The van der Waals surface area contributed by atoms with E-state index in [0.717, 1.165) is 21.3 Å². The average Bonchev–Trinajstić information content (AvgIpc) is 2.92. The third kappa shape index (κ3) is 1.91. The van der Waals surface area contributed by atoms with Crippen LogP contribution in [0.5, 0.6) is 0 Å². The summed E-state index contributed by atoms with van der Waals surface area (Å²) in [5, 5.41) is 15.5. The van der Waals surface area contributed by atoms with Crippen LogP contribution in [0.1, 0.15) is 43.1 Å². The zero-order valence-corrected chi connectivity index (χ0v) is 13.0. The Kier molecular flexibility index (Phi) is 3.21. The van der Waals surface area contributed by atoms with Crippen molar-refractivity contribution in [3.05, 3.63) is 51.5 Å². The summed E-state index contributed by atoms with van der Waals surface area (Å²) in [6, 6.07) is 4.74. The van der Waals surface area contributed by atoms with E-state index in [1.165, 1.54) is 12.1 Å². The fourth-order valence-corrected chi connectivity index (χ4v) is 3.59. The first kappa shape index (κ1) is 13.8. The number of rotatable bonds is 2. The summed E-state index contributed by atoms with van der Waals surface area (Å²) < 4.78 is 15.9. The Morgan fingerprint density at radius 1 is 1.45 bits per heavy atom. The van der Waals surface area contributed by atoms with Crippen LogP contribution in [0.2, 0.25) is 0 Å². The Labute approximate surface area is 125 Å². The van der Waals surface area contributed by atoms with E-state index in [9.17, 15) is 9.50 Å². The molecule has 0 saturated heterocycles. The second kappa shape index (κ2) is 4.67. The van der Waals surface area contributed by atoms with Crippen molar-refractivity contribution < 1.29 is 9.50 Å². The standard InChI is InChI=1S/C15H16BrFN2O/c1-9(2)19-14(13(16)8-18-19)15(20)6-5-10-7-11(17)3-4-12(10)15/h3-4,7-9,20H,5-6H2,1-2H3. The number of nitrogens with zero attached hydrogens (tertiary/aromatic N) is 2. The van der Waals surface area contributed by atoms with Gasteiger partial charge in [-0.1, -0.05) is 6.07 Å². The number of hydrogen-bond acceptors (Lipinski definition) is 2. The first-order valence-electron chi connectivity index (χ1n) is 6.68. The highest BCUT2D eigenvalue weighted by Crippen LogP contribution is 2.45. The number of aliphatic hydroxyl groups is 1. The number of aryl methyl sites for hydroxylation is 1. The maximum absolute atomic E-state index is 13.3. The molecule has 5 heteroatoms. The number of fused-ring (bicyclic) bond motifs is 1. The molecule has 1 aromatic heterocycles. The largest absolute Gasteiger partial charge is 0.379 e. The Morgan fingerprint density at radius 3 is 2.90 bits per heavy atom. The van der Waals surface area contributed by atoms with Crippen molar-refractivity contribution in [2.24, 2.45) is 0 Å². The first-order valence-corrected chi connectivity index (χ1v) is 7.47. The molecular weight excluding hydrogens is 323 g/mol. The zero-order valence-electron chi connectivity index (χ0n) is 11.4. The van der Waals surface area contributed by atoms with Gasteiger partial charge in [-0.05, 0) is 65.9 Å². The van der Waals surface area contributed by atoms with Gasteiger partial charge < -0.3 is 5.11 Å². The van der Waals surface area contributed by atoms with Gasteiger partial charge in [-0.15, -0.1) is 0 Å². The van der Waals surface area contributed by atoms with Crippen LogP contribution in [0.15, 0.2) is 28.9 Å². The lowest BCUT2D eigenvalue weighted by Crippen LogP contribution is -2.29. The molecule has 0 amide bonds. The van der Waals surface area contributed by atoms with Crippen LogP contribution in [0, 0.1) is 5.82 Å². The van der Waals surface area contributed by atoms with E-state index in [0.29, 0.717) is 12.8 Å². The molecule has 2 aromatic rings. The summed E-state index contributed by atoms with van der Waals surface area (Å²) in [5.74, 6) is -0.260. The molecule has 106 valence electrons. The van der Waals surface area contributed by atoms with Crippen LogP contribution in [0.25, 0.3) is 0 Å². The molecule has 20 heavy (non-hydrogen) atoms. The molecule has 0 fully saturated rings. The molecule has 0 radical (unpaired) electrons. The van der Waals surface area contributed by atoms with Gasteiger partial charge in [0.2, 0.25) is 0 Å². The maximum Gasteiger partial charge on any atom is 0.133 e. The third-order valence-corrected chi connectivity index (χ3v) is 4.48. The predicted octanol–water partition coefficient (Wildman–Crippen LogP) is 3.55. The Bertz CT molecular complexity index is 668. The van der Waals surface area contributed by atoms with Gasteiger partial charge in [0.25, 0.3) is 0 Å². The minimum absolute atomic E-state index is 0.143. The van der Waals surface area contributed by atoms with Crippen LogP contribution in [0.4, 0.5) is 4.39 Å². The minimum Gasteiger partial charge on any atom is -0.379 e. The molecule has 1 unspecified atom stereocenters. The van der Waals surface area contributed by atoms with Crippen LogP contribution < -0.4 is 0 Å². The molecule has 0 saturated carbocycles. The van der Waals surface area contributed by atoms with Crippen LogP contribution in [-0.4, -0.2) is 14.9 Å². The summed E-state index contributed by atoms with van der Waals surface area (Å²) in [4.78, 5) is 0. The molecule has 0 aliphatic heterocycles. The van der Waals surface area contributed by atoms with Gasteiger partial charge in [0.1, 0.15) is 11.4 Å². The molecule has 1 heterocycles. The van der Waals surface area contributed by atoms with E-state index >= 15 is 0 Å². The molecule has 1 aliphatic carbocycles. The topological polar surface area (TPSA) is 38.0 Å². The van der Waals surface area contributed by atoms with Crippen molar-refractivity contribution in [1.82, 2.24) is 9.78 Å². The smallest absolute Gasteiger partial charge is 0.133 e. The summed E-state index contributed by atoms with van der Waals surface area (Å²) in [7, 11) is 0. The molecule has 3 nitrogen and oxygen atoms in total. The fourth-order valence-electron chi connectivity index (χ4n) is 2.99. The monoisotopic (exact) mass is 338 g/mol. The van der Waals surface area contributed by atoms with Crippen LogP contribution in [0.3, 0.4) is 0 Å². The van der Waals surface area contributed by atoms with Gasteiger partial charge in [-0.3, -0.25) is 4.68 Å². The quantitative estimate of drug-likeness (QED) is 0.909. The second-order valence-electron chi connectivity index (χ2n) is 5.54. The molecular formula is C15H16BrFN2O. The van der Waals surface area contributed by atoms with Gasteiger partial charge in [-0.25, -0.2) is 4.39 Å². The Balaban J connectivity index is 2.19. The predicted molar refractivity (Wildman–Crippen MR) is 78.0 cm³/mol. The molecule has 1 aromatic carbocycles. The van der Waals surface area contributed by atoms with Crippen molar-refractivity contribution >= 4 is 15.9 Å². The first-order chi connectivity index (χ1) is 9.43. The Morgan fingerprint density at radius 2 is 2.20 bits per heavy atom. The number of halogens is 2. The lowest BCUT2D eigenvalue weighted by atomic mass is 9.92. The fraction of sp³-hybridized carbons (Fsp3) is 0.400. The van der Waals surface area contributed by atoms with Crippen molar-refractivity contribution in [1.29, 1.82) is 0 Å². The molecule has 0 bridgehead atoms. The van der Waals surface area contributed by atoms with E-state index < -0.39 is 5.60 Å². The SMILES string of the molecule is CC(C)n1ncc(Br)c1C1(O)CCc2cc(F)ccc21. The lowest BCUT2D eigenvalue weighted by molar-refractivity contribution is 0.0706. The summed E-state index contributed by atoms with van der Waals surface area (Å²) in [6.07, 6.45) is 2.91. The van der Waals surface area contributed by atoms with E-state index in [1.807, 2.05) is 18.5 Å². The van der Waals surface area contributed by atoms with E-state index in [-0.39, 0.29) is 11.9 Å². The number of aromatic nitrogens is 2. The van der Waals surface area contributed by atoms with Gasteiger partial charge in [0.15, 0.2) is 0 Å². The van der Waals surface area contributed by atoms with Crippen molar-refractivity contribution in [2.45, 2.75) is 38.3 Å². The molecule has 3 rings (SSSR count). The summed E-state index contributed by atoms with van der Waals surface area (Å²) >= 11 is 3.48. The molecule has 1 N–H and O–H groups in total. The molecule has 1 atom stereocenters.